The second kappa shape index (κ2) is 5.50. The van der Waals surface area contributed by atoms with E-state index < -0.39 is 0 Å². The van der Waals surface area contributed by atoms with E-state index in [-0.39, 0.29) is 5.91 Å². The first-order chi connectivity index (χ1) is 8.58. The monoisotopic (exact) mass is 324 g/mol. The zero-order valence-electron chi connectivity index (χ0n) is 9.58. The van der Waals surface area contributed by atoms with Gasteiger partial charge >= 0.3 is 0 Å². The molecular formula is C13H10BrClN2O. The maximum Gasteiger partial charge on any atom is 0.258 e. The quantitative estimate of drug-likeness (QED) is 0.905. The molecule has 92 valence electrons. The standard InChI is InChI=1S/C13H10BrClN2O/c1-8-10(14)6-7-12(16-8)17-13(18)9-4-2-3-5-11(9)15/h2-7H,1H3,(H,16,17,18). The van der Waals surface area contributed by atoms with Crippen molar-refractivity contribution < 1.29 is 4.79 Å². The predicted octanol–water partition coefficient (Wildman–Crippen LogP) is 4.06. The summed E-state index contributed by atoms with van der Waals surface area (Å²) in [6.07, 6.45) is 0. The van der Waals surface area contributed by atoms with Crippen LogP contribution >= 0.6 is 27.5 Å². The summed E-state index contributed by atoms with van der Waals surface area (Å²) >= 11 is 9.31. The van der Waals surface area contributed by atoms with Crippen LogP contribution in [0.1, 0.15) is 16.1 Å². The minimum absolute atomic E-state index is 0.269. The Kier molecular flexibility index (Phi) is 3.99. The number of anilines is 1. The van der Waals surface area contributed by atoms with Gasteiger partial charge in [-0.15, -0.1) is 0 Å². The molecule has 2 rings (SSSR count). The lowest BCUT2D eigenvalue weighted by Crippen LogP contribution is -2.13. The topological polar surface area (TPSA) is 42.0 Å². The summed E-state index contributed by atoms with van der Waals surface area (Å²) in [5.74, 6) is 0.232. The molecule has 5 heteroatoms. The predicted molar refractivity (Wildman–Crippen MR) is 76.1 cm³/mol. The SMILES string of the molecule is Cc1nc(NC(=O)c2ccccc2Cl)ccc1Br. The number of hydrogen-bond acceptors (Lipinski definition) is 2. The molecule has 0 aliphatic rings. The van der Waals surface area contributed by atoms with Gasteiger partial charge in [0.05, 0.1) is 16.3 Å². The first kappa shape index (κ1) is 13.1. The van der Waals surface area contributed by atoms with Crippen molar-refractivity contribution in [1.29, 1.82) is 0 Å². The van der Waals surface area contributed by atoms with Gasteiger partial charge in [-0.1, -0.05) is 23.7 Å². The molecule has 0 fully saturated rings. The van der Waals surface area contributed by atoms with Crippen molar-refractivity contribution in [1.82, 2.24) is 4.98 Å². The number of benzene rings is 1. The Labute approximate surface area is 118 Å². The molecule has 1 amide bonds. The second-order valence-corrected chi connectivity index (χ2v) is 4.96. The van der Waals surface area contributed by atoms with Crippen LogP contribution < -0.4 is 5.32 Å². The van der Waals surface area contributed by atoms with Gasteiger partial charge in [0.1, 0.15) is 5.82 Å². The molecule has 18 heavy (non-hydrogen) atoms. The summed E-state index contributed by atoms with van der Waals surface area (Å²) in [7, 11) is 0. The van der Waals surface area contributed by atoms with Crippen LogP contribution in [0.5, 0.6) is 0 Å². The van der Waals surface area contributed by atoms with Crippen LogP contribution in [-0.4, -0.2) is 10.9 Å². The molecule has 2 aromatic rings. The average molecular weight is 326 g/mol. The summed E-state index contributed by atoms with van der Waals surface area (Å²) < 4.78 is 0.901. The van der Waals surface area contributed by atoms with E-state index >= 15 is 0 Å². The van der Waals surface area contributed by atoms with Gasteiger partial charge < -0.3 is 5.32 Å². The lowest BCUT2D eigenvalue weighted by molar-refractivity contribution is 0.102. The number of carbonyl (C=O) groups excluding carboxylic acids is 1. The Hall–Kier alpha value is -1.39. The number of rotatable bonds is 2. The Bertz CT molecular complexity index is 601. The Morgan fingerprint density at radius 1 is 1.28 bits per heavy atom. The molecule has 1 heterocycles. The number of nitrogens with one attached hydrogen (secondary N) is 1. The minimum Gasteiger partial charge on any atom is -0.307 e. The summed E-state index contributed by atoms with van der Waals surface area (Å²) in [4.78, 5) is 16.2. The Balaban J connectivity index is 2.22. The van der Waals surface area contributed by atoms with E-state index in [9.17, 15) is 4.79 Å². The number of nitrogens with zero attached hydrogens (tertiary/aromatic N) is 1. The molecule has 1 N–H and O–H groups in total. The van der Waals surface area contributed by atoms with Gasteiger partial charge in [0.25, 0.3) is 5.91 Å². The molecule has 0 saturated heterocycles. The van der Waals surface area contributed by atoms with Crippen LogP contribution in [-0.2, 0) is 0 Å². The number of aromatic nitrogens is 1. The number of amides is 1. The van der Waals surface area contributed by atoms with E-state index in [4.69, 9.17) is 11.6 Å². The maximum absolute atomic E-state index is 12.0. The van der Waals surface area contributed by atoms with E-state index in [0.717, 1.165) is 10.2 Å². The Morgan fingerprint density at radius 2 is 2.00 bits per heavy atom. The molecule has 3 nitrogen and oxygen atoms in total. The Morgan fingerprint density at radius 3 is 2.67 bits per heavy atom. The fourth-order valence-corrected chi connectivity index (χ4v) is 1.89. The second-order valence-electron chi connectivity index (χ2n) is 3.70. The lowest BCUT2D eigenvalue weighted by atomic mass is 10.2. The van der Waals surface area contributed by atoms with Crippen LogP contribution in [0, 0.1) is 6.92 Å². The van der Waals surface area contributed by atoms with Crippen molar-refractivity contribution in [2.75, 3.05) is 5.32 Å². The van der Waals surface area contributed by atoms with E-state index in [0.29, 0.717) is 16.4 Å². The molecule has 0 aliphatic carbocycles. The van der Waals surface area contributed by atoms with Crippen LogP contribution in [0.25, 0.3) is 0 Å². The molecule has 0 radical (unpaired) electrons. The third-order valence-corrected chi connectivity index (χ3v) is 3.55. The molecular weight excluding hydrogens is 316 g/mol. The van der Waals surface area contributed by atoms with Crippen LogP contribution in [0.3, 0.4) is 0 Å². The third kappa shape index (κ3) is 2.89. The first-order valence-electron chi connectivity index (χ1n) is 5.27. The largest absolute Gasteiger partial charge is 0.307 e. The van der Waals surface area contributed by atoms with Gasteiger partial charge in [0, 0.05) is 4.47 Å². The number of halogens is 2. The number of hydrogen-bond donors (Lipinski definition) is 1. The van der Waals surface area contributed by atoms with Gasteiger partial charge in [-0.3, -0.25) is 4.79 Å². The van der Waals surface area contributed by atoms with E-state index in [1.807, 2.05) is 13.0 Å². The van der Waals surface area contributed by atoms with Crippen molar-refractivity contribution in [3.63, 3.8) is 0 Å². The fourth-order valence-electron chi connectivity index (χ4n) is 1.44. The maximum atomic E-state index is 12.0. The average Bonchev–Trinajstić information content (AvgIpc) is 2.34. The smallest absolute Gasteiger partial charge is 0.258 e. The normalized spacial score (nSPS) is 10.2. The highest BCUT2D eigenvalue weighted by atomic mass is 79.9. The van der Waals surface area contributed by atoms with E-state index in [1.165, 1.54) is 0 Å². The lowest BCUT2D eigenvalue weighted by Gasteiger charge is -2.07. The van der Waals surface area contributed by atoms with Gasteiger partial charge in [-0.05, 0) is 47.1 Å². The summed E-state index contributed by atoms with van der Waals surface area (Å²) in [6, 6.07) is 10.5. The van der Waals surface area contributed by atoms with Crippen LogP contribution in [0.4, 0.5) is 5.82 Å². The van der Waals surface area contributed by atoms with Crippen molar-refractivity contribution in [2.45, 2.75) is 6.92 Å². The third-order valence-electron chi connectivity index (χ3n) is 2.38. The zero-order valence-corrected chi connectivity index (χ0v) is 11.9. The van der Waals surface area contributed by atoms with Crippen molar-refractivity contribution in [3.05, 3.63) is 57.2 Å². The molecule has 1 aromatic carbocycles. The summed E-state index contributed by atoms with van der Waals surface area (Å²) in [6.45, 7) is 1.86. The molecule has 0 unspecified atom stereocenters. The van der Waals surface area contributed by atoms with E-state index in [2.05, 4.69) is 26.2 Å². The first-order valence-corrected chi connectivity index (χ1v) is 6.44. The van der Waals surface area contributed by atoms with Crippen LogP contribution in [0.2, 0.25) is 5.02 Å². The van der Waals surface area contributed by atoms with Gasteiger partial charge in [0.15, 0.2) is 0 Å². The summed E-state index contributed by atoms with van der Waals surface area (Å²) in [5, 5.41) is 3.13. The highest BCUT2D eigenvalue weighted by Gasteiger charge is 2.10. The van der Waals surface area contributed by atoms with Crippen molar-refractivity contribution in [3.8, 4) is 0 Å². The van der Waals surface area contributed by atoms with Crippen molar-refractivity contribution in [2.24, 2.45) is 0 Å². The molecule has 0 saturated carbocycles. The molecule has 0 aliphatic heterocycles. The zero-order chi connectivity index (χ0) is 13.1. The van der Waals surface area contributed by atoms with E-state index in [1.54, 1.807) is 30.3 Å². The molecule has 0 bridgehead atoms. The van der Waals surface area contributed by atoms with Crippen LogP contribution in [0.15, 0.2) is 40.9 Å². The number of aryl methyl sites for hydroxylation is 1. The molecule has 0 atom stereocenters. The molecule has 0 spiro atoms. The number of carbonyl (C=O) groups is 1. The molecule has 1 aromatic heterocycles. The van der Waals surface area contributed by atoms with Crippen molar-refractivity contribution >= 4 is 39.3 Å². The minimum atomic E-state index is -0.269. The van der Waals surface area contributed by atoms with Gasteiger partial charge in [-0.2, -0.15) is 0 Å². The van der Waals surface area contributed by atoms with Gasteiger partial charge in [-0.25, -0.2) is 4.98 Å². The van der Waals surface area contributed by atoms with Gasteiger partial charge in [0.2, 0.25) is 0 Å². The highest BCUT2D eigenvalue weighted by Crippen LogP contribution is 2.19. The number of pyridine rings is 1. The summed E-state index contributed by atoms with van der Waals surface area (Å²) in [5.41, 5.74) is 1.24. The fraction of sp³-hybridized carbons (Fsp3) is 0.0769. The highest BCUT2D eigenvalue weighted by molar-refractivity contribution is 9.10.